The van der Waals surface area contributed by atoms with Crippen LogP contribution in [-0.4, -0.2) is 29.1 Å². The smallest absolute Gasteiger partial charge is 0.339 e. The molecule has 15 heavy (non-hydrogen) atoms. The molecule has 0 aromatic carbocycles. The normalized spacial score (nSPS) is 15.1. The number of carboxylic acids is 1. The summed E-state index contributed by atoms with van der Waals surface area (Å²) in [7, 11) is 1.91. The van der Waals surface area contributed by atoms with Crippen molar-refractivity contribution in [2.75, 3.05) is 11.9 Å². The quantitative estimate of drug-likeness (QED) is 0.817. The molecule has 1 aromatic rings. The molecule has 4 heteroatoms. The molecule has 0 atom stereocenters. The molecule has 1 aliphatic rings. The Morgan fingerprint density at radius 1 is 1.53 bits per heavy atom. The molecule has 1 heterocycles. The number of nitrogens with zero attached hydrogens (tertiary/aromatic N) is 2. The van der Waals surface area contributed by atoms with E-state index >= 15 is 0 Å². The zero-order valence-electron chi connectivity index (χ0n) is 8.90. The Bertz CT molecular complexity index is 400. The standard InChI is InChI=1S/C11H14N2O2/c1-7-3-6-9(11(14)15)10(12-7)13(2)8-4-5-8/h3,6,8H,4-5H2,1-2H3,(H,14,15). The molecular formula is C11H14N2O2. The van der Waals surface area contributed by atoms with E-state index in [0.717, 1.165) is 18.5 Å². The summed E-state index contributed by atoms with van der Waals surface area (Å²) in [5.74, 6) is -0.324. The van der Waals surface area contributed by atoms with E-state index in [-0.39, 0.29) is 5.56 Å². The van der Waals surface area contributed by atoms with E-state index in [0.29, 0.717) is 11.9 Å². The van der Waals surface area contributed by atoms with Crippen LogP contribution >= 0.6 is 0 Å². The second kappa shape index (κ2) is 3.53. The van der Waals surface area contributed by atoms with E-state index in [4.69, 9.17) is 5.11 Å². The molecule has 4 nitrogen and oxygen atoms in total. The lowest BCUT2D eigenvalue weighted by molar-refractivity contribution is 0.0697. The zero-order valence-corrected chi connectivity index (χ0v) is 8.90. The van der Waals surface area contributed by atoms with Crippen molar-refractivity contribution in [1.29, 1.82) is 0 Å². The molecule has 0 radical (unpaired) electrons. The molecule has 0 unspecified atom stereocenters. The summed E-state index contributed by atoms with van der Waals surface area (Å²) in [4.78, 5) is 17.3. The van der Waals surface area contributed by atoms with Crippen LogP contribution in [0, 0.1) is 6.92 Å². The zero-order chi connectivity index (χ0) is 11.0. The average Bonchev–Trinajstić information content (AvgIpc) is 2.99. The van der Waals surface area contributed by atoms with E-state index < -0.39 is 5.97 Å². The average molecular weight is 206 g/mol. The van der Waals surface area contributed by atoms with Crippen molar-refractivity contribution in [3.05, 3.63) is 23.4 Å². The molecule has 1 fully saturated rings. The molecule has 2 rings (SSSR count). The van der Waals surface area contributed by atoms with Gasteiger partial charge < -0.3 is 10.0 Å². The van der Waals surface area contributed by atoms with Crippen LogP contribution in [0.2, 0.25) is 0 Å². The van der Waals surface area contributed by atoms with Crippen LogP contribution in [0.15, 0.2) is 12.1 Å². The van der Waals surface area contributed by atoms with Crippen LogP contribution in [0.4, 0.5) is 5.82 Å². The summed E-state index contributed by atoms with van der Waals surface area (Å²) in [6.45, 7) is 1.87. The number of aromatic nitrogens is 1. The first-order chi connectivity index (χ1) is 7.09. The highest BCUT2D eigenvalue weighted by Gasteiger charge is 2.29. The third kappa shape index (κ3) is 1.93. The van der Waals surface area contributed by atoms with Gasteiger partial charge in [-0.15, -0.1) is 0 Å². The molecule has 0 saturated heterocycles. The Labute approximate surface area is 88.6 Å². The Morgan fingerprint density at radius 3 is 2.73 bits per heavy atom. The molecule has 0 aliphatic heterocycles. The van der Waals surface area contributed by atoms with Gasteiger partial charge >= 0.3 is 5.97 Å². The summed E-state index contributed by atoms with van der Waals surface area (Å²) < 4.78 is 0. The van der Waals surface area contributed by atoms with Gasteiger partial charge in [0.05, 0.1) is 0 Å². The van der Waals surface area contributed by atoms with Gasteiger partial charge in [-0.25, -0.2) is 9.78 Å². The lowest BCUT2D eigenvalue weighted by Crippen LogP contribution is -2.23. The van der Waals surface area contributed by atoms with Crippen molar-refractivity contribution in [1.82, 2.24) is 4.98 Å². The monoisotopic (exact) mass is 206 g/mol. The number of carbonyl (C=O) groups is 1. The highest BCUT2D eigenvalue weighted by molar-refractivity contribution is 5.93. The molecule has 1 saturated carbocycles. The van der Waals surface area contributed by atoms with Gasteiger partial charge in [0.25, 0.3) is 0 Å². The first kappa shape index (κ1) is 9.96. The highest BCUT2D eigenvalue weighted by atomic mass is 16.4. The maximum absolute atomic E-state index is 11.0. The van der Waals surface area contributed by atoms with Crippen molar-refractivity contribution in [3.8, 4) is 0 Å². The topological polar surface area (TPSA) is 53.4 Å². The molecule has 0 bridgehead atoms. The van der Waals surface area contributed by atoms with Gasteiger partial charge in [-0.1, -0.05) is 0 Å². The first-order valence-corrected chi connectivity index (χ1v) is 5.03. The minimum absolute atomic E-state index is 0.287. The Hall–Kier alpha value is -1.58. The minimum Gasteiger partial charge on any atom is -0.478 e. The van der Waals surface area contributed by atoms with E-state index in [1.807, 2.05) is 18.9 Å². The number of hydrogen-bond donors (Lipinski definition) is 1. The van der Waals surface area contributed by atoms with Crippen molar-refractivity contribution >= 4 is 11.8 Å². The number of carboxylic acid groups (broad SMARTS) is 1. The number of anilines is 1. The first-order valence-electron chi connectivity index (χ1n) is 5.03. The number of hydrogen-bond acceptors (Lipinski definition) is 3. The highest BCUT2D eigenvalue weighted by Crippen LogP contribution is 2.31. The SMILES string of the molecule is Cc1ccc(C(=O)O)c(N(C)C2CC2)n1. The second-order valence-corrected chi connectivity index (χ2v) is 3.97. The lowest BCUT2D eigenvalue weighted by atomic mass is 10.2. The fourth-order valence-electron chi connectivity index (χ4n) is 1.61. The lowest BCUT2D eigenvalue weighted by Gasteiger charge is -2.19. The molecule has 1 aromatic heterocycles. The van der Waals surface area contributed by atoms with Gasteiger partial charge in [0, 0.05) is 18.8 Å². The van der Waals surface area contributed by atoms with Gasteiger partial charge in [-0.05, 0) is 31.9 Å². The van der Waals surface area contributed by atoms with Crippen LogP contribution in [0.25, 0.3) is 0 Å². The number of rotatable bonds is 3. The molecule has 1 N–H and O–H groups in total. The number of pyridine rings is 1. The van der Waals surface area contributed by atoms with Crippen LogP contribution in [0.5, 0.6) is 0 Å². The van der Waals surface area contributed by atoms with E-state index in [1.165, 1.54) is 0 Å². The number of aromatic carboxylic acids is 1. The second-order valence-electron chi connectivity index (χ2n) is 3.97. The predicted molar refractivity (Wildman–Crippen MR) is 57.4 cm³/mol. The summed E-state index contributed by atoms with van der Waals surface area (Å²) in [6, 6.07) is 3.82. The van der Waals surface area contributed by atoms with Crippen molar-refractivity contribution in [2.45, 2.75) is 25.8 Å². The molecule has 1 aliphatic carbocycles. The van der Waals surface area contributed by atoms with Gasteiger partial charge in [0.1, 0.15) is 11.4 Å². The summed E-state index contributed by atoms with van der Waals surface area (Å²) in [5.41, 5.74) is 1.14. The summed E-state index contributed by atoms with van der Waals surface area (Å²) in [6.07, 6.45) is 2.26. The van der Waals surface area contributed by atoms with Crippen LogP contribution in [-0.2, 0) is 0 Å². The van der Waals surface area contributed by atoms with Crippen molar-refractivity contribution in [3.63, 3.8) is 0 Å². The Kier molecular flexibility index (Phi) is 2.34. The van der Waals surface area contributed by atoms with Crippen molar-refractivity contribution in [2.24, 2.45) is 0 Å². The molecule has 0 amide bonds. The predicted octanol–water partition coefficient (Wildman–Crippen LogP) is 1.69. The number of aryl methyl sites for hydroxylation is 1. The third-order valence-electron chi connectivity index (χ3n) is 2.67. The fourth-order valence-corrected chi connectivity index (χ4v) is 1.61. The van der Waals surface area contributed by atoms with Gasteiger partial charge in [-0.3, -0.25) is 0 Å². The Morgan fingerprint density at radius 2 is 2.20 bits per heavy atom. The molecule has 0 spiro atoms. The van der Waals surface area contributed by atoms with Crippen LogP contribution < -0.4 is 4.90 Å². The van der Waals surface area contributed by atoms with Crippen LogP contribution in [0.1, 0.15) is 28.9 Å². The minimum atomic E-state index is -0.912. The van der Waals surface area contributed by atoms with E-state index in [1.54, 1.807) is 12.1 Å². The fraction of sp³-hybridized carbons (Fsp3) is 0.455. The van der Waals surface area contributed by atoms with Gasteiger partial charge in [-0.2, -0.15) is 0 Å². The molecular weight excluding hydrogens is 192 g/mol. The van der Waals surface area contributed by atoms with Crippen molar-refractivity contribution < 1.29 is 9.90 Å². The van der Waals surface area contributed by atoms with Gasteiger partial charge in [0.15, 0.2) is 0 Å². The van der Waals surface area contributed by atoms with E-state index in [2.05, 4.69) is 4.98 Å². The summed E-state index contributed by atoms with van der Waals surface area (Å²) in [5, 5.41) is 9.04. The largest absolute Gasteiger partial charge is 0.478 e. The molecule has 80 valence electrons. The summed E-state index contributed by atoms with van der Waals surface area (Å²) >= 11 is 0. The maximum Gasteiger partial charge on any atom is 0.339 e. The van der Waals surface area contributed by atoms with E-state index in [9.17, 15) is 4.79 Å². The van der Waals surface area contributed by atoms with Crippen LogP contribution in [0.3, 0.4) is 0 Å². The Balaban J connectivity index is 2.41. The maximum atomic E-state index is 11.0. The third-order valence-corrected chi connectivity index (χ3v) is 2.67. The van der Waals surface area contributed by atoms with Gasteiger partial charge in [0.2, 0.25) is 0 Å².